The molecule has 0 aliphatic heterocycles. The Morgan fingerprint density at radius 3 is 2.62 bits per heavy atom. The summed E-state index contributed by atoms with van der Waals surface area (Å²) in [6.45, 7) is 4.26. The lowest BCUT2D eigenvalue weighted by Gasteiger charge is -2.24. The highest BCUT2D eigenvalue weighted by Crippen LogP contribution is 2.06. The number of carbonyl (C=O) groups excluding carboxylic acids is 1. The highest BCUT2D eigenvalue weighted by atomic mass is 16.3. The normalized spacial score (nSPS) is 12.1. The fraction of sp³-hybridized carbons (Fsp3) is 0.583. The maximum absolute atomic E-state index is 11.9. The minimum atomic E-state index is -0.775. The Bertz CT molecular complexity index is 363. The molecule has 0 aromatic carbocycles. The van der Waals surface area contributed by atoms with Crippen molar-refractivity contribution in [2.45, 2.75) is 19.4 Å². The molecule has 90 valence electrons. The van der Waals surface area contributed by atoms with Gasteiger partial charge >= 0.3 is 0 Å². The van der Waals surface area contributed by atoms with Gasteiger partial charge in [-0.05, 0) is 33.0 Å². The first-order valence-corrected chi connectivity index (χ1v) is 5.35. The third kappa shape index (κ3) is 3.79. The van der Waals surface area contributed by atoms with Crippen molar-refractivity contribution in [1.82, 2.24) is 9.47 Å². The number of rotatable bonds is 5. The van der Waals surface area contributed by atoms with Gasteiger partial charge in [0.2, 0.25) is 0 Å². The second-order valence-corrected chi connectivity index (χ2v) is 4.91. The molecule has 0 radical (unpaired) electrons. The highest BCUT2D eigenvalue weighted by molar-refractivity contribution is 5.96. The zero-order valence-corrected chi connectivity index (χ0v) is 10.4. The summed E-state index contributed by atoms with van der Waals surface area (Å²) in [5, 5.41) is 9.63. The molecule has 0 unspecified atom stereocenters. The molecule has 1 N–H and O–H groups in total. The van der Waals surface area contributed by atoms with Gasteiger partial charge in [0.05, 0.1) is 17.8 Å². The molecule has 1 aromatic heterocycles. The number of hydrogen-bond acceptors (Lipinski definition) is 3. The summed E-state index contributed by atoms with van der Waals surface area (Å²) in [4.78, 5) is 13.7. The Kier molecular flexibility index (Phi) is 3.88. The van der Waals surface area contributed by atoms with Gasteiger partial charge in [-0.1, -0.05) is 0 Å². The van der Waals surface area contributed by atoms with Crippen LogP contribution in [0.4, 0.5) is 0 Å². The minimum Gasteiger partial charge on any atom is -0.389 e. The molecular formula is C12H20N2O2. The number of hydrogen-bond donors (Lipinski definition) is 1. The van der Waals surface area contributed by atoms with Crippen LogP contribution in [0, 0.1) is 0 Å². The van der Waals surface area contributed by atoms with E-state index in [9.17, 15) is 9.90 Å². The Morgan fingerprint density at radius 1 is 1.56 bits per heavy atom. The van der Waals surface area contributed by atoms with Crippen molar-refractivity contribution in [3.63, 3.8) is 0 Å². The second kappa shape index (κ2) is 4.80. The van der Waals surface area contributed by atoms with Crippen LogP contribution < -0.4 is 0 Å². The van der Waals surface area contributed by atoms with E-state index in [0.717, 1.165) is 0 Å². The first-order chi connectivity index (χ1) is 7.29. The summed E-state index contributed by atoms with van der Waals surface area (Å²) in [5.41, 5.74) is -0.0777. The van der Waals surface area contributed by atoms with Gasteiger partial charge in [-0.15, -0.1) is 0 Å². The number of ketones is 1. The molecule has 0 saturated heterocycles. The lowest BCUT2D eigenvalue weighted by atomic mass is 10.1. The van der Waals surface area contributed by atoms with Crippen LogP contribution in [0.1, 0.15) is 24.3 Å². The van der Waals surface area contributed by atoms with Crippen LogP contribution in [0.2, 0.25) is 0 Å². The Labute approximate surface area is 96.5 Å². The third-order valence-electron chi connectivity index (χ3n) is 2.30. The minimum absolute atomic E-state index is 0.0688. The lowest BCUT2D eigenvalue weighted by Crippen LogP contribution is -2.39. The monoisotopic (exact) mass is 224 g/mol. The summed E-state index contributed by atoms with van der Waals surface area (Å²) in [6.07, 6.45) is 1.85. The molecule has 1 heterocycles. The number of Topliss-reactive ketones (excluding diaryl/α,β-unsaturated/α-hetero) is 1. The Morgan fingerprint density at radius 2 is 2.19 bits per heavy atom. The van der Waals surface area contributed by atoms with E-state index in [4.69, 9.17) is 0 Å². The molecule has 1 aromatic rings. The number of aliphatic hydroxyl groups is 1. The maximum Gasteiger partial charge on any atom is 0.193 e. The zero-order valence-electron chi connectivity index (χ0n) is 10.4. The van der Waals surface area contributed by atoms with Gasteiger partial charge < -0.3 is 9.67 Å². The van der Waals surface area contributed by atoms with Crippen LogP contribution >= 0.6 is 0 Å². The molecule has 0 aliphatic rings. The van der Waals surface area contributed by atoms with E-state index in [-0.39, 0.29) is 5.78 Å². The van der Waals surface area contributed by atoms with Gasteiger partial charge in [0, 0.05) is 19.8 Å². The number of nitrogens with zero attached hydrogens (tertiary/aromatic N) is 2. The quantitative estimate of drug-likeness (QED) is 0.756. The van der Waals surface area contributed by atoms with Gasteiger partial charge in [-0.2, -0.15) is 0 Å². The van der Waals surface area contributed by atoms with Gasteiger partial charge in [0.25, 0.3) is 0 Å². The molecule has 4 heteroatoms. The van der Waals surface area contributed by atoms with Crippen molar-refractivity contribution in [3.8, 4) is 0 Å². The number of aromatic nitrogens is 1. The molecule has 0 amide bonds. The smallest absolute Gasteiger partial charge is 0.193 e. The molecule has 0 atom stereocenters. The average Bonchev–Trinajstić information content (AvgIpc) is 2.47. The van der Waals surface area contributed by atoms with Crippen LogP contribution in [0.25, 0.3) is 0 Å². The number of likely N-dealkylation sites (N-methyl/N-ethyl adjacent to an activating group) is 1. The third-order valence-corrected chi connectivity index (χ3v) is 2.30. The lowest BCUT2D eigenvalue weighted by molar-refractivity contribution is 0.0438. The van der Waals surface area contributed by atoms with Crippen LogP contribution in [0.3, 0.4) is 0 Å². The molecular weight excluding hydrogens is 204 g/mol. The van der Waals surface area contributed by atoms with E-state index in [1.54, 1.807) is 24.5 Å². The molecule has 0 bridgehead atoms. The predicted octanol–water partition coefficient (Wildman–Crippen LogP) is 0.911. The van der Waals surface area contributed by atoms with Crippen molar-refractivity contribution in [1.29, 1.82) is 0 Å². The second-order valence-electron chi connectivity index (χ2n) is 4.91. The SMILES string of the molecule is CN(CC(=O)c1cccn1C)CC(C)(C)O. The van der Waals surface area contributed by atoms with Crippen molar-refractivity contribution < 1.29 is 9.90 Å². The summed E-state index contributed by atoms with van der Waals surface area (Å²) in [6, 6.07) is 3.66. The van der Waals surface area contributed by atoms with Gasteiger partial charge in [0.15, 0.2) is 5.78 Å². The molecule has 1 rings (SSSR count). The van der Waals surface area contributed by atoms with Gasteiger partial charge in [0.1, 0.15) is 0 Å². The first kappa shape index (κ1) is 12.9. The van der Waals surface area contributed by atoms with Crippen LogP contribution in [-0.4, -0.2) is 46.1 Å². The largest absolute Gasteiger partial charge is 0.389 e. The average molecular weight is 224 g/mol. The molecule has 0 fully saturated rings. The van der Waals surface area contributed by atoms with E-state index in [2.05, 4.69) is 0 Å². The Hall–Kier alpha value is -1.13. The fourth-order valence-corrected chi connectivity index (χ4v) is 1.79. The van der Waals surface area contributed by atoms with Crippen molar-refractivity contribution >= 4 is 5.78 Å². The van der Waals surface area contributed by atoms with Crippen LogP contribution in [0.15, 0.2) is 18.3 Å². The standard InChI is InChI=1S/C12H20N2O2/c1-12(2,16)9-13(3)8-11(15)10-6-5-7-14(10)4/h5-7,16H,8-9H2,1-4H3. The molecule has 0 saturated carbocycles. The Balaban J connectivity index is 2.56. The van der Waals surface area contributed by atoms with E-state index < -0.39 is 5.60 Å². The summed E-state index contributed by atoms with van der Waals surface area (Å²) >= 11 is 0. The van der Waals surface area contributed by atoms with Crippen LogP contribution in [0.5, 0.6) is 0 Å². The van der Waals surface area contributed by atoms with E-state index in [1.165, 1.54) is 0 Å². The summed E-state index contributed by atoms with van der Waals surface area (Å²) in [7, 11) is 3.68. The van der Waals surface area contributed by atoms with Crippen LogP contribution in [-0.2, 0) is 7.05 Å². The first-order valence-electron chi connectivity index (χ1n) is 5.35. The van der Waals surface area contributed by atoms with Crippen molar-refractivity contribution in [3.05, 3.63) is 24.0 Å². The van der Waals surface area contributed by atoms with E-state index in [0.29, 0.717) is 18.8 Å². The van der Waals surface area contributed by atoms with E-state index >= 15 is 0 Å². The number of aryl methyl sites for hydroxylation is 1. The molecule has 4 nitrogen and oxygen atoms in total. The fourth-order valence-electron chi connectivity index (χ4n) is 1.79. The van der Waals surface area contributed by atoms with Crippen molar-refractivity contribution in [2.24, 2.45) is 7.05 Å². The maximum atomic E-state index is 11.9. The topological polar surface area (TPSA) is 45.5 Å². The predicted molar refractivity (Wildman–Crippen MR) is 63.5 cm³/mol. The zero-order chi connectivity index (χ0) is 12.3. The summed E-state index contributed by atoms with van der Waals surface area (Å²) < 4.78 is 1.81. The summed E-state index contributed by atoms with van der Waals surface area (Å²) in [5.74, 6) is 0.0688. The molecule has 0 aliphatic carbocycles. The number of carbonyl (C=O) groups is 1. The molecule has 16 heavy (non-hydrogen) atoms. The highest BCUT2D eigenvalue weighted by Gasteiger charge is 2.18. The van der Waals surface area contributed by atoms with Gasteiger partial charge in [-0.25, -0.2) is 0 Å². The van der Waals surface area contributed by atoms with Crippen molar-refractivity contribution in [2.75, 3.05) is 20.1 Å². The molecule has 0 spiro atoms. The van der Waals surface area contributed by atoms with E-state index in [1.807, 2.05) is 31.3 Å². The van der Waals surface area contributed by atoms with Gasteiger partial charge in [-0.3, -0.25) is 9.69 Å².